The average Bonchev–Trinajstić information content (AvgIpc) is 3.01. The number of amides is 2. The van der Waals surface area contributed by atoms with E-state index in [2.05, 4.69) is 37.9 Å². The highest BCUT2D eigenvalue weighted by Crippen LogP contribution is 2.38. The summed E-state index contributed by atoms with van der Waals surface area (Å²) in [5.41, 5.74) is 0. The maximum Gasteiger partial charge on any atom is 0.303 e. The van der Waals surface area contributed by atoms with Gasteiger partial charge in [-0.2, -0.15) is 0 Å². The molecule has 0 spiro atoms. The third-order valence-corrected chi connectivity index (χ3v) is 10.6. The normalized spacial score (nSPS) is 28.8. The Morgan fingerprint density at radius 3 is 2.34 bits per heavy atom. The molecule has 6 unspecified atom stereocenters. The SMILES string of the molecule is COC1CCCC(C(C)C(CCC(=O)O)CC(=O)N(CCC(C)C)CC(=O)NC2CCC(C#CC3CCCCC3F)CC2)C1. The molecular weight excluding hydrogens is 559 g/mol. The van der Waals surface area contributed by atoms with Gasteiger partial charge in [0, 0.05) is 38.5 Å². The van der Waals surface area contributed by atoms with Crippen LogP contribution in [-0.4, -0.2) is 66.3 Å². The van der Waals surface area contributed by atoms with E-state index in [9.17, 15) is 23.9 Å². The van der Waals surface area contributed by atoms with Crippen molar-refractivity contribution in [3.63, 3.8) is 0 Å². The first-order chi connectivity index (χ1) is 21.0. The minimum absolute atomic E-state index is 0.0278. The lowest BCUT2D eigenvalue weighted by Crippen LogP contribution is -2.46. The molecule has 3 fully saturated rings. The molecule has 3 aliphatic carbocycles. The van der Waals surface area contributed by atoms with Gasteiger partial charge in [-0.3, -0.25) is 14.4 Å². The fourth-order valence-corrected chi connectivity index (χ4v) is 7.48. The molecular formula is C36H59FN2O5. The standard InChI is InChI=1S/C36H59FN2O5/c1-25(2)20-21-39(35(41)23-30(16-19-36(42)43)26(3)29-9-7-10-32(22-29)44-4)24-34(40)38-31-17-13-27(14-18-31)12-15-28-8-5-6-11-33(28)37/h25-33H,5-11,13-14,16-24H2,1-4H3,(H,38,40)(H,42,43). The van der Waals surface area contributed by atoms with Crippen LogP contribution in [0.2, 0.25) is 0 Å². The maximum atomic E-state index is 14.2. The Kier molecular flexibility index (Phi) is 15.5. The van der Waals surface area contributed by atoms with E-state index in [1.165, 1.54) is 0 Å². The van der Waals surface area contributed by atoms with Gasteiger partial charge in [0.25, 0.3) is 0 Å². The number of methoxy groups -OCH3 is 1. The Morgan fingerprint density at radius 2 is 1.68 bits per heavy atom. The molecule has 2 amide bonds. The molecule has 44 heavy (non-hydrogen) atoms. The number of carboxylic acids is 1. The number of hydrogen-bond donors (Lipinski definition) is 2. The summed E-state index contributed by atoms with van der Waals surface area (Å²) < 4.78 is 19.8. The van der Waals surface area contributed by atoms with Gasteiger partial charge in [-0.25, -0.2) is 4.39 Å². The summed E-state index contributed by atoms with van der Waals surface area (Å²) in [5, 5.41) is 12.6. The predicted molar refractivity (Wildman–Crippen MR) is 171 cm³/mol. The Hall–Kier alpha value is -2.14. The summed E-state index contributed by atoms with van der Waals surface area (Å²) in [6.07, 6.45) is 12.1. The van der Waals surface area contributed by atoms with Gasteiger partial charge in [-0.15, -0.1) is 0 Å². The Balaban J connectivity index is 1.56. The predicted octanol–water partition coefficient (Wildman–Crippen LogP) is 6.78. The topological polar surface area (TPSA) is 95.9 Å². The van der Waals surface area contributed by atoms with Gasteiger partial charge < -0.3 is 20.1 Å². The van der Waals surface area contributed by atoms with Crippen molar-refractivity contribution in [2.45, 2.75) is 142 Å². The molecule has 7 nitrogen and oxygen atoms in total. The van der Waals surface area contributed by atoms with Crippen LogP contribution in [0.25, 0.3) is 0 Å². The van der Waals surface area contributed by atoms with Gasteiger partial charge in [0.15, 0.2) is 0 Å². The fourth-order valence-electron chi connectivity index (χ4n) is 7.48. The summed E-state index contributed by atoms with van der Waals surface area (Å²) in [6.45, 7) is 6.93. The second-order valence-corrected chi connectivity index (χ2v) is 14.3. The molecule has 8 heteroatoms. The third kappa shape index (κ3) is 12.3. The number of carbonyl (C=O) groups excluding carboxylic acids is 2. The van der Waals surface area contributed by atoms with Crippen LogP contribution in [0.3, 0.4) is 0 Å². The molecule has 250 valence electrons. The quantitative estimate of drug-likeness (QED) is 0.209. The first kappa shape index (κ1) is 36.3. The molecule has 0 aromatic heterocycles. The molecule has 0 bridgehead atoms. The van der Waals surface area contributed by atoms with E-state index in [4.69, 9.17) is 4.74 Å². The summed E-state index contributed by atoms with van der Waals surface area (Å²) in [6, 6.07) is 0.0644. The summed E-state index contributed by atoms with van der Waals surface area (Å²) in [4.78, 5) is 40.1. The van der Waals surface area contributed by atoms with E-state index >= 15 is 0 Å². The minimum atomic E-state index is -0.842. The lowest BCUT2D eigenvalue weighted by molar-refractivity contribution is -0.139. The molecule has 0 aromatic carbocycles. The molecule has 0 aliphatic heterocycles. The number of aliphatic carboxylic acids is 1. The van der Waals surface area contributed by atoms with Gasteiger partial charge in [0.05, 0.1) is 18.6 Å². The highest BCUT2D eigenvalue weighted by atomic mass is 19.1. The van der Waals surface area contributed by atoms with Crippen molar-refractivity contribution in [2.24, 2.45) is 35.5 Å². The van der Waals surface area contributed by atoms with Crippen LogP contribution in [0.1, 0.15) is 124 Å². The largest absolute Gasteiger partial charge is 0.481 e. The second kappa shape index (κ2) is 18.7. The van der Waals surface area contributed by atoms with Gasteiger partial charge >= 0.3 is 5.97 Å². The van der Waals surface area contributed by atoms with Crippen molar-refractivity contribution < 1.29 is 28.6 Å². The monoisotopic (exact) mass is 618 g/mol. The van der Waals surface area contributed by atoms with Crippen LogP contribution in [0.5, 0.6) is 0 Å². The van der Waals surface area contributed by atoms with Crippen LogP contribution in [0.15, 0.2) is 0 Å². The highest BCUT2D eigenvalue weighted by Gasteiger charge is 2.33. The summed E-state index contributed by atoms with van der Waals surface area (Å²) >= 11 is 0. The number of nitrogens with one attached hydrogen (secondary N) is 1. The van der Waals surface area contributed by atoms with E-state index in [0.29, 0.717) is 31.2 Å². The number of nitrogens with zero attached hydrogens (tertiary/aromatic N) is 1. The minimum Gasteiger partial charge on any atom is -0.481 e. The average molecular weight is 619 g/mol. The number of ether oxygens (including phenoxy) is 1. The van der Waals surface area contributed by atoms with Crippen LogP contribution in [-0.2, 0) is 19.1 Å². The van der Waals surface area contributed by atoms with Crippen molar-refractivity contribution in [1.29, 1.82) is 0 Å². The number of alkyl halides is 1. The molecule has 0 radical (unpaired) electrons. The maximum absolute atomic E-state index is 14.2. The Morgan fingerprint density at radius 1 is 0.955 bits per heavy atom. The van der Waals surface area contributed by atoms with Gasteiger partial charge in [0.1, 0.15) is 6.17 Å². The molecule has 3 rings (SSSR count). The zero-order chi connectivity index (χ0) is 32.1. The molecule has 6 atom stereocenters. The van der Waals surface area contributed by atoms with Crippen molar-refractivity contribution in [3.8, 4) is 11.8 Å². The highest BCUT2D eigenvalue weighted by molar-refractivity contribution is 5.85. The van der Waals surface area contributed by atoms with Crippen LogP contribution >= 0.6 is 0 Å². The third-order valence-electron chi connectivity index (χ3n) is 10.6. The van der Waals surface area contributed by atoms with E-state index in [1.54, 1.807) is 12.0 Å². The zero-order valence-electron chi connectivity index (χ0n) is 27.8. The molecule has 0 saturated heterocycles. The van der Waals surface area contributed by atoms with Crippen molar-refractivity contribution in [1.82, 2.24) is 10.2 Å². The van der Waals surface area contributed by atoms with Gasteiger partial charge in [-0.05, 0) is 94.3 Å². The van der Waals surface area contributed by atoms with Crippen molar-refractivity contribution in [3.05, 3.63) is 0 Å². The summed E-state index contributed by atoms with van der Waals surface area (Å²) in [5.74, 6) is 6.61. The molecule has 0 aromatic rings. The number of halogens is 1. The fraction of sp³-hybridized carbons (Fsp3) is 0.861. The molecule has 0 heterocycles. The number of carbonyl (C=O) groups is 3. The van der Waals surface area contributed by atoms with Crippen molar-refractivity contribution >= 4 is 17.8 Å². The summed E-state index contributed by atoms with van der Waals surface area (Å²) in [7, 11) is 1.75. The Bertz CT molecular complexity index is 969. The molecule has 2 N–H and O–H groups in total. The van der Waals surface area contributed by atoms with Gasteiger partial charge in [0.2, 0.25) is 11.8 Å². The first-order valence-electron chi connectivity index (χ1n) is 17.5. The van der Waals surface area contributed by atoms with Crippen molar-refractivity contribution in [2.75, 3.05) is 20.2 Å². The van der Waals surface area contributed by atoms with E-state index < -0.39 is 12.1 Å². The zero-order valence-corrected chi connectivity index (χ0v) is 27.8. The van der Waals surface area contributed by atoms with Gasteiger partial charge in [-0.1, -0.05) is 51.9 Å². The molecule has 3 saturated carbocycles. The number of hydrogen-bond acceptors (Lipinski definition) is 4. The second-order valence-electron chi connectivity index (χ2n) is 14.3. The number of rotatable bonds is 14. The molecule has 3 aliphatic rings. The smallest absolute Gasteiger partial charge is 0.303 e. The van der Waals surface area contributed by atoms with E-state index in [-0.39, 0.29) is 67.0 Å². The van der Waals surface area contributed by atoms with Crippen LogP contribution < -0.4 is 5.32 Å². The first-order valence-corrected chi connectivity index (χ1v) is 17.5. The van der Waals surface area contributed by atoms with Crippen LogP contribution in [0, 0.1) is 47.3 Å². The lowest BCUT2D eigenvalue weighted by atomic mass is 9.72. The Labute approximate surface area is 265 Å². The van der Waals surface area contributed by atoms with E-state index in [0.717, 1.165) is 77.0 Å². The lowest BCUT2D eigenvalue weighted by Gasteiger charge is -2.37. The van der Waals surface area contributed by atoms with Crippen LogP contribution in [0.4, 0.5) is 4.39 Å². The number of carboxylic acid groups (broad SMARTS) is 1. The van der Waals surface area contributed by atoms with E-state index in [1.807, 2.05) is 0 Å².